The molecule has 0 amide bonds. The molecule has 3 rings (SSSR count). The number of carbonyl (C=O) groups excluding carboxylic acids is 1. The van der Waals surface area contributed by atoms with Gasteiger partial charge in [-0.3, -0.25) is 0 Å². The molecule has 0 atom stereocenters. The van der Waals surface area contributed by atoms with E-state index in [1.165, 1.54) is 6.20 Å². The molecule has 1 aromatic heterocycles. The third kappa shape index (κ3) is 2.67. The maximum atomic E-state index is 11.9. The number of carbonyl (C=O) groups is 1. The van der Waals surface area contributed by atoms with Crippen LogP contribution in [0.4, 0.5) is 0 Å². The van der Waals surface area contributed by atoms with Gasteiger partial charge in [-0.2, -0.15) is 0 Å². The monoisotopic (exact) mass is 291 g/mol. The van der Waals surface area contributed by atoms with E-state index in [0.717, 1.165) is 5.56 Å². The van der Waals surface area contributed by atoms with E-state index in [1.807, 2.05) is 0 Å². The average Bonchev–Trinajstić information content (AvgIpc) is 2.97. The summed E-state index contributed by atoms with van der Waals surface area (Å²) in [7, 11) is 0. The molecule has 0 bridgehead atoms. The molecular formula is C14H10ClNO4. The zero-order valence-corrected chi connectivity index (χ0v) is 11.1. The van der Waals surface area contributed by atoms with Crippen molar-refractivity contribution in [3.05, 3.63) is 52.4 Å². The van der Waals surface area contributed by atoms with Crippen LogP contribution in [0.5, 0.6) is 5.75 Å². The first-order valence-electron chi connectivity index (χ1n) is 5.92. The molecule has 0 saturated heterocycles. The van der Waals surface area contributed by atoms with Crippen molar-refractivity contribution in [2.24, 2.45) is 0 Å². The predicted octanol–water partition coefficient (Wildman–Crippen LogP) is 2.85. The van der Waals surface area contributed by atoms with Gasteiger partial charge in [0, 0.05) is 16.7 Å². The molecule has 5 nitrogen and oxygen atoms in total. The topological polar surface area (TPSA) is 61.6 Å². The van der Waals surface area contributed by atoms with E-state index in [9.17, 15) is 4.79 Å². The summed E-state index contributed by atoms with van der Waals surface area (Å²) >= 11 is 5.91. The van der Waals surface area contributed by atoms with Crippen LogP contribution in [0.25, 0.3) is 6.08 Å². The quantitative estimate of drug-likeness (QED) is 0.814. The van der Waals surface area contributed by atoms with E-state index in [4.69, 9.17) is 25.6 Å². The van der Waals surface area contributed by atoms with E-state index in [-0.39, 0.29) is 13.2 Å². The minimum absolute atomic E-state index is 0.0403. The van der Waals surface area contributed by atoms with Crippen LogP contribution >= 0.6 is 11.6 Å². The molecule has 1 aromatic carbocycles. The molecule has 0 aliphatic carbocycles. The van der Waals surface area contributed by atoms with Gasteiger partial charge in [0.05, 0.1) is 11.8 Å². The van der Waals surface area contributed by atoms with Crippen LogP contribution in [-0.2, 0) is 16.1 Å². The van der Waals surface area contributed by atoms with Crippen LogP contribution in [0, 0.1) is 0 Å². The lowest BCUT2D eigenvalue weighted by atomic mass is 10.1. The Bertz CT molecular complexity index is 664. The number of hydrogen-bond donors (Lipinski definition) is 0. The van der Waals surface area contributed by atoms with Crippen LogP contribution in [0.1, 0.15) is 11.3 Å². The Morgan fingerprint density at radius 1 is 1.40 bits per heavy atom. The Morgan fingerprint density at radius 2 is 2.30 bits per heavy atom. The van der Waals surface area contributed by atoms with E-state index < -0.39 is 5.97 Å². The SMILES string of the molecule is O=C(OCc1ccno1)C1=Cc2cc(Cl)ccc2OC1. The molecular weight excluding hydrogens is 282 g/mol. The highest BCUT2D eigenvalue weighted by atomic mass is 35.5. The summed E-state index contributed by atoms with van der Waals surface area (Å²) in [5.74, 6) is 0.729. The second kappa shape index (κ2) is 5.38. The van der Waals surface area contributed by atoms with Gasteiger partial charge in [0.15, 0.2) is 12.4 Å². The Balaban J connectivity index is 1.72. The number of hydrogen-bond acceptors (Lipinski definition) is 5. The molecule has 6 heteroatoms. The molecule has 1 aliphatic heterocycles. The van der Waals surface area contributed by atoms with E-state index in [0.29, 0.717) is 22.1 Å². The van der Waals surface area contributed by atoms with Crippen LogP contribution in [0.2, 0.25) is 5.02 Å². The molecule has 2 aromatic rings. The molecule has 0 radical (unpaired) electrons. The first-order chi connectivity index (χ1) is 9.72. The largest absolute Gasteiger partial charge is 0.488 e. The summed E-state index contributed by atoms with van der Waals surface area (Å²) in [6.07, 6.45) is 3.21. The molecule has 102 valence electrons. The Hall–Kier alpha value is -2.27. The van der Waals surface area contributed by atoms with Gasteiger partial charge in [-0.1, -0.05) is 16.8 Å². The third-order valence-corrected chi connectivity index (χ3v) is 3.02. The molecule has 2 heterocycles. The number of rotatable bonds is 3. The fourth-order valence-corrected chi connectivity index (χ4v) is 1.99. The molecule has 0 unspecified atom stereocenters. The molecule has 20 heavy (non-hydrogen) atoms. The molecule has 1 aliphatic rings. The molecule has 0 N–H and O–H groups in total. The predicted molar refractivity (Wildman–Crippen MR) is 71.2 cm³/mol. The summed E-state index contributed by atoms with van der Waals surface area (Å²) < 4.78 is 15.5. The van der Waals surface area contributed by atoms with Gasteiger partial charge in [-0.15, -0.1) is 0 Å². The zero-order chi connectivity index (χ0) is 13.9. The van der Waals surface area contributed by atoms with Gasteiger partial charge in [0.2, 0.25) is 0 Å². The summed E-state index contributed by atoms with van der Waals surface area (Å²) in [6.45, 7) is 0.211. The van der Waals surface area contributed by atoms with Gasteiger partial charge in [0.25, 0.3) is 0 Å². The molecule has 0 fully saturated rings. The Labute approximate surface area is 119 Å². The highest BCUT2D eigenvalue weighted by Gasteiger charge is 2.19. The highest BCUT2D eigenvalue weighted by Crippen LogP contribution is 2.29. The standard InChI is InChI=1S/C14H10ClNO4/c15-11-1-2-13-9(6-11)5-10(7-18-13)14(17)19-8-12-3-4-16-20-12/h1-6H,7-8H2. The van der Waals surface area contributed by atoms with Gasteiger partial charge in [-0.05, 0) is 24.3 Å². The van der Waals surface area contributed by atoms with Crippen molar-refractivity contribution in [3.8, 4) is 5.75 Å². The van der Waals surface area contributed by atoms with Crippen LogP contribution in [-0.4, -0.2) is 17.7 Å². The van der Waals surface area contributed by atoms with Gasteiger partial charge in [0.1, 0.15) is 12.4 Å². The number of fused-ring (bicyclic) bond motifs is 1. The van der Waals surface area contributed by atoms with Crippen LogP contribution in [0.15, 0.2) is 40.6 Å². The van der Waals surface area contributed by atoms with E-state index in [2.05, 4.69) is 5.16 Å². The number of aromatic nitrogens is 1. The Kier molecular flexibility index (Phi) is 3.43. The van der Waals surface area contributed by atoms with Crippen molar-refractivity contribution in [1.82, 2.24) is 5.16 Å². The average molecular weight is 292 g/mol. The first-order valence-corrected chi connectivity index (χ1v) is 6.30. The maximum absolute atomic E-state index is 11.9. The van der Waals surface area contributed by atoms with Crippen molar-refractivity contribution >= 4 is 23.6 Å². The van der Waals surface area contributed by atoms with Gasteiger partial charge >= 0.3 is 5.97 Å². The van der Waals surface area contributed by atoms with Crippen molar-refractivity contribution < 1.29 is 18.8 Å². The lowest BCUT2D eigenvalue weighted by Gasteiger charge is -2.17. The number of halogens is 1. The van der Waals surface area contributed by atoms with Crippen LogP contribution < -0.4 is 4.74 Å². The van der Waals surface area contributed by atoms with Crippen molar-refractivity contribution in [2.45, 2.75) is 6.61 Å². The van der Waals surface area contributed by atoms with Gasteiger partial charge in [-0.25, -0.2) is 4.79 Å². The lowest BCUT2D eigenvalue weighted by Crippen LogP contribution is -2.17. The maximum Gasteiger partial charge on any atom is 0.337 e. The number of benzene rings is 1. The van der Waals surface area contributed by atoms with Crippen molar-refractivity contribution in [1.29, 1.82) is 0 Å². The number of ether oxygens (including phenoxy) is 2. The summed E-state index contributed by atoms with van der Waals surface area (Å²) in [5, 5.41) is 4.12. The first kappa shape index (κ1) is 12.7. The Morgan fingerprint density at radius 3 is 3.10 bits per heavy atom. The summed E-state index contributed by atoms with van der Waals surface area (Å²) in [6, 6.07) is 6.88. The summed E-state index contributed by atoms with van der Waals surface area (Å²) in [5.41, 5.74) is 1.19. The minimum Gasteiger partial charge on any atom is -0.488 e. The lowest BCUT2D eigenvalue weighted by molar-refractivity contribution is -0.141. The van der Waals surface area contributed by atoms with Crippen molar-refractivity contribution in [2.75, 3.05) is 6.61 Å². The highest BCUT2D eigenvalue weighted by molar-refractivity contribution is 6.30. The zero-order valence-electron chi connectivity index (χ0n) is 10.3. The fourth-order valence-electron chi connectivity index (χ4n) is 1.81. The van der Waals surface area contributed by atoms with E-state index >= 15 is 0 Å². The summed E-state index contributed by atoms with van der Waals surface area (Å²) in [4.78, 5) is 11.9. The minimum atomic E-state index is -0.452. The second-order valence-electron chi connectivity index (χ2n) is 4.20. The third-order valence-electron chi connectivity index (χ3n) is 2.78. The normalized spacial score (nSPS) is 13.2. The smallest absolute Gasteiger partial charge is 0.337 e. The second-order valence-corrected chi connectivity index (χ2v) is 4.63. The number of esters is 1. The molecule has 0 spiro atoms. The number of nitrogens with zero attached hydrogens (tertiary/aromatic N) is 1. The fraction of sp³-hybridized carbons (Fsp3) is 0.143. The van der Waals surface area contributed by atoms with E-state index in [1.54, 1.807) is 30.3 Å². The van der Waals surface area contributed by atoms with Gasteiger partial charge < -0.3 is 14.0 Å². The van der Waals surface area contributed by atoms with Crippen LogP contribution in [0.3, 0.4) is 0 Å². The molecule has 0 saturated carbocycles. The van der Waals surface area contributed by atoms with Crippen molar-refractivity contribution in [3.63, 3.8) is 0 Å².